The lowest BCUT2D eigenvalue weighted by Gasteiger charge is -2.12. The standard InChI is InChI=1S/C6H12B2F3IO2P/c9-8(10,11)14-4-2-6(1-3-13)5-15-7-12/h1,13-15H,2-5H2/b6-1-. The Morgan fingerprint density at radius 3 is 2.67 bits per heavy atom. The lowest BCUT2D eigenvalue weighted by molar-refractivity contribution is 0.0376. The molecular formula is C6H12B2F3IO2P. The Morgan fingerprint density at radius 2 is 2.20 bits per heavy atom. The molecule has 1 radical (unpaired) electrons. The summed E-state index contributed by atoms with van der Waals surface area (Å²) in [7, 11) is -4.46. The minimum absolute atomic E-state index is 0.127. The SMILES string of the molecule is OC/C=C(/CC[OH+][B-](F)(F)F)CP[B]I. The molecule has 2 N–H and O–H groups in total. The molecular weight excluding hydrogens is 341 g/mol. The van der Waals surface area contributed by atoms with Gasteiger partial charge in [0, 0.05) is 6.42 Å². The Bertz CT molecular complexity index is 203. The third kappa shape index (κ3) is 11.0. The van der Waals surface area contributed by atoms with Crippen molar-refractivity contribution in [3.8, 4) is 0 Å². The Hall–Kier alpha value is 0.740. The largest absolute Gasteiger partial charge is 0.842 e. The minimum atomic E-state index is -5.03. The molecule has 0 aromatic heterocycles. The van der Waals surface area contributed by atoms with Crippen molar-refractivity contribution >= 4 is 42.9 Å². The predicted molar refractivity (Wildman–Crippen MR) is 68.9 cm³/mol. The van der Waals surface area contributed by atoms with Gasteiger partial charge in [-0.1, -0.05) is 11.6 Å². The van der Waals surface area contributed by atoms with Gasteiger partial charge in [0.1, 0.15) is 6.61 Å². The highest BCUT2D eigenvalue weighted by Gasteiger charge is 2.37. The van der Waals surface area contributed by atoms with Crippen LogP contribution in [-0.4, -0.2) is 41.2 Å². The average molecular weight is 353 g/mol. The summed E-state index contributed by atoms with van der Waals surface area (Å²) >= 11 is 2.10. The molecule has 0 saturated carbocycles. The summed E-state index contributed by atoms with van der Waals surface area (Å²) in [5.41, 5.74) is 0.840. The molecule has 0 aromatic carbocycles. The Balaban J connectivity index is 3.81. The fourth-order valence-corrected chi connectivity index (χ4v) is 2.24. The zero-order valence-electron chi connectivity index (χ0n) is 7.97. The summed E-state index contributed by atoms with van der Waals surface area (Å²) in [6.45, 7) is -0.362. The van der Waals surface area contributed by atoms with E-state index in [4.69, 9.17) is 5.11 Å². The molecule has 0 heterocycles. The van der Waals surface area contributed by atoms with Gasteiger partial charge in [0.15, 0.2) is 0 Å². The third-order valence-corrected chi connectivity index (χ3v) is 3.69. The molecule has 0 spiro atoms. The fraction of sp³-hybridized carbons (Fsp3) is 0.667. The summed E-state index contributed by atoms with van der Waals surface area (Å²) in [5.74, 6) is 0. The van der Waals surface area contributed by atoms with Gasteiger partial charge in [-0.2, -0.15) is 22.4 Å². The maximum absolute atomic E-state index is 11.8. The van der Waals surface area contributed by atoms with Crippen LogP contribution in [0.4, 0.5) is 12.9 Å². The molecule has 0 amide bonds. The molecule has 0 aliphatic heterocycles. The van der Waals surface area contributed by atoms with Crippen molar-refractivity contribution in [2.45, 2.75) is 6.42 Å². The van der Waals surface area contributed by atoms with Gasteiger partial charge in [-0.25, -0.2) is 0 Å². The van der Waals surface area contributed by atoms with E-state index in [9.17, 15) is 12.9 Å². The highest BCUT2D eigenvalue weighted by molar-refractivity contribution is 14.1. The molecule has 0 aliphatic carbocycles. The monoisotopic (exact) mass is 353 g/mol. The quantitative estimate of drug-likeness (QED) is 0.233. The number of aliphatic hydroxyl groups is 2. The number of aliphatic hydroxyl groups excluding tert-OH is 1. The average Bonchev–Trinajstić information content (AvgIpc) is 2.12. The third-order valence-electron chi connectivity index (χ3n) is 1.56. The lowest BCUT2D eigenvalue weighted by Crippen LogP contribution is -2.26. The van der Waals surface area contributed by atoms with Crippen LogP contribution in [0.15, 0.2) is 11.6 Å². The second-order valence-corrected chi connectivity index (χ2v) is 5.58. The molecule has 2 nitrogen and oxygen atoms in total. The van der Waals surface area contributed by atoms with E-state index in [0.717, 1.165) is 5.57 Å². The number of halogens is 4. The van der Waals surface area contributed by atoms with Gasteiger partial charge in [-0.3, -0.25) is 0 Å². The summed E-state index contributed by atoms with van der Waals surface area (Å²) in [6, 6.07) is 0. The number of rotatable bonds is 8. The molecule has 87 valence electrons. The van der Waals surface area contributed by atoms with Crippen LogP contribution >= 0.6 is 30.8 Å². The second-order valence-electron chi connectivity index (χ2n) is 2.73. The van der Waals surface area contributed by atoms with Gasteiger partial charge in [0.05, 0.1) is 6.61 Å². The molecule has 1 unspecified atom stereocenters. The van der Waals surface area contributed by atoms with Crippen LogP contribution in [0.2, 0.25) is 0 Å². The maximum atomic E-state index is 11.8. The van der Waals surface area contributed by atoms with Gasteiger partial charge in [-0.15, -0.1) is 8.46 Å². The van der Waals surface area contributed by atoms with Gasteiger partial charge in [0.2, 0.25) is 4.86 Å². The Kier molecular flexibility index (Phi) is 9.28. The smallest absolute Gasteiger partial charge is 0.593 e. The molecule has 9 heteroatoms. The van der Waals surface area contributed by atoms with Gasteiger partial charge < -0.3 is 22.7 Å². The van der Waals surface area contributed by atoms with Gasteiger partial charge in [0.25, 0.3) is 0 Å². The fourth-order valence-electron chi connectivity index (χ4n) is 0.916. The zero-order chi connectivity index (χ0) is 11.7. The van der Waals surface area contributed by atoms with Crippen LogP contribution in [-0.2, 0) is 0 Å². The van der Waals surface area contributed by atoms with E-state index in [1.807, 2.05) is 4.86 Å². The van der Waals surface area contributed by atoms with E-state index < -0.39 is 7.18 Å². The van der Waals surface area contributed by atoms with Crippen LogP contribution in [0.25, 0.3) is 0 Å². The van der Waals surface area contributed by atoms with Crippen LogP contribution in [0.1, 0.15) is 6.42 Å². The van der Waals surface area contributed by atoms with Crippen molar-refractivity contribution in [1.29, 1.82) is 0 Å². The van der Waals surface area contributed by atoms with E-state index in [2.05, 4.69) is 27.0 Å². The first-order valence-corrected chi connectivity index (χ1v) is 6.84. The van der Waals surface area contributed by atoms with E-state index in [-0.39, 0.29) is 19.6 Å². The van der Waals surface area contributed by atoms with Crippen LogP contribution in [0, 0.1) is 0 Å². The second kappa shape index (κ2) is 8.84. The van der Waals surface area contributed by atoms with Crippen molar-refractivity contribution in [2.75, 3.05) is 19.4 Å². The summed E-state index contributed by atoms with van der Waals surface area (Å²) in [4.78, 5) is 1.94. The van der Waals surface area contributed by atoms with Crippen molar-refractivity contribution in [1.82, 2.24) is 0 Å². The number of hydrogen-bond donors (Lipinski definition) is 1. The van der Waals surface area contributed by atoms with Gasteiger partial charge >= 0.3 is 7.18 Å². The molecule has 0 bridgehead atoms. The molecule has 0 saturated heterocycles. The zero-order valence-corrected chi connectivity index (χ0v) is 11.1. The van der Waals surface area contributed by atoms with E-state index >= 15 is 0 Å². The number of hydrogen-bond acceptors (Lipinski definition) is 1. The predicted octanol–water partition coefficient (Wildman–Crippen LogP) is 1.81. The van der Waals surface area contributed by atoms with Crippen LogP contribution in [0.3, 0.4) is 0 Å². The van der Waals surface area contributed by atoms with E-state index in [0.29, 0.717) is 14.6 Å². The van der Waals surface area contributed by atoms with Crippen molar-refractivity contribution in [3.63, 3.8) is 0 Å². The first-order chi connectivity index (χ1) is 6.99. The molecule has 0 aliphatic rings. The molecule has 15 heavy (non-hydrogen) atoms. The van der Waals surface area contributed by atoms with Crippen molar-refractivity contribution in [2.24, 2.45) is 0 Å². The topological polar surface area (TPSA) is 33.0 Å². The maximum Gasteiger partial charge on any atom is 0.842 e. The van der Waals surface area contributed by atoms with E-state index in [1.165, 1.54) is 0 Å². The Morgan fingerprint density at radius 1 is 1.53 bits per heavy atom. The van der Waals surface area contributed by atoms with Crippen molar-refractivity contribution in [3.05, 3.63) is 11.6 Å². The molecule has 0 aromatic rings. The highest BCUT2D eigenvalue weighted by Crippen LogP contribution is 2.18. The Labute approximate surface area is 103 Å². The summed E-state index contributed by atoms with van der Waals surface area (Å²) < 4.78 is 37.9. The highest BCUT2D eigenvalue weighted by atomic mass is 127. The summed E-state index contributed by atoms with van der Waals surface area (Å²) in [5, 5.41) is 8.66. The minimum Gasteiger partial charge on any atom is -0.593 e. The first-order valence-electron chi connectivity index (χ1n) is 4.31. The van der Waals surface area contributed by atoms with E-state index in [1.54, 1.807) is 6.08 Å². The van der Waals surface area contributed by atoms with Crippen LogP contribution < -0.4 is 0 Å². The lowest BCUT2D eigenvalue weighted by atomic mass is 10.2. The first kappa shape index (κ1) is 15.7. The van der Waals surface area contributed by atoms with Gasteiger partial charge in [-0.05, 0) is 6.16 Å². The molecule has 0 rings (SSSR count). The molecule has 1 atom stereocenters. The normalized spacial score (nSPS) is 13.8. The summed E-state index contributed by atoms with van der Waals surface area (Å²) in [6.07, 6.45) is 2.55. The molecule has 0 fully saturated rings. The van der Waals surface area contributed by atoms with Crippen molar-refractivity contribution < 1.29 is 22.7 Å². The van der Waals surface area contributed by atoms with Crippen LogP contribution in [0.5, 0.6) is 0 Å².